The summed E-state index contributed by atoms with van der Waals surface area (Å²) in [5.41, 5.74) is 2.69. The van der Waals surface area contributed by atoms with E-state index < -0.39 is 0 Å². The van der Waals surface area contributed by atoms with Gasteiger partial charge in [-0.1, -0.05) is 0 Å². The summed E-state index contributed by atoms with van der Waals surface area (Å²) < 4.78 is 23.5. The minimum atomic E-state index is -0.303. The number of carbonyl (C=O) groups excluding carboxylic acids is 1. The maximum absolute atomic E-state index is 13.0. The van der Waals surface area contributed by atoms with Gasteiger partial charge in [-0.2, -0.15) is 0 Å². The number of carbonyl (C=O) groups is 1. The Labute approximate surface area is 156 Å². The van der Waals surface area contributed by atoms with Gasteiger partial charge in [0.05, 0.1) is 25.5 Å². The van der Waals surface area contributed by atoms with E-state index in [4.69, 9.17) is 9.47 Å². The molecule has 0 saturated heterocycles. The van der Waals surface area contributed by atoms with Crippen molar-refractivity contribution < 1.29 is 18.7 Å². The van der Waals surface area contributed by atoms with E-state index in [1.165, 1.54) is 18.3 Å². The molecule has 5 nitrogen and oxygen atoms in total. The van der Waals surface area contributed by atoms with Gasteiger partial charge in [-0.05, 0) is 54.6 Å². The van der Waals surface area contributed by atoms with Crippen LogP contribution in [0.3, 0.4) is 0 Å². The van der Waals surface area contributed by atoms with E-state index in [-0.39, 0.29) is 11.7 Å². The van der Waals surface area contributed by atoms with Crippen LogP contribution in [-0.2, 0) is 6.54 Å². The Kier molecular flexibility index (Phi) is 5.66. The van der Waals surface area contributed by atoms with Gasteiger partial charge < -0.3 is 14.8 Å². The number of hydrogen-bond donors (Lipinski definition) is 1. The molecule has 0 unspecified atom stereocenters. The molecule has 0 saturated carbocycles. The Balaban J connectivity index is 1.69. The Morgan fingerprint density at radius 3 is 2.44 bits per heavy atom. The van der Waals surface area contributed by atoms with E-state index >= 15 is 0 Å². The number of amides is 1. The van der Waals surface area contributed by atoms with E-state index in [1.807, 2.05) is 6.07 Å². The first-order valence-corrected chi connectivity index (χ1v) is 8.32. The number of ether oxygens (including phenoxy) is 2. The number of halogens is 1. The molecule has 0 aliphatic rings. The third-order valence-electron chi connectivity index (χ3n) is 4.09. The lowest BCUT2D eigenvalue weighted by Gasteiger charge is -2.11. The first-order chi connectivity index (χ1) is 13.1. The van der Waals surface area contributed by atoms with Crippen LogP contribution in [0, 0.1) is 5.82 Å². The van der Waals surface area contributed by atoms with E-state index in [0.29, 0.717) is 29.3 Å². The number of rotatable bonds is 6. The largest absolute Gasteiger partial charge is 0.497 e. The van der Waals surface area contributed by atoms with Crippen LogP contribution in [-0.4, -0.2) is 25.1 Å². The van der Waals surface area contributed by atoms with Crippen molar-refractivity contribution in [2.45, 2.75) is 6.54 Å². The molecule has 6 heteroatoms. The van der Waals surface area contributed by atoms with E-state index in [1.54, 1.807) is 50.6 Å². The molecule has 138 valence electrons. The summed E-state index contributed by atoms with van der Waals surface area (Å²) in [7, 11) is 3.16. The minimum Gasteiger partial charge on any atom is -0.497 e. The lowest BCUT2D eigenvalue weighted by atomic mass is 10.1. The van der Waals surface area contributed by atoms with Crippen molar-refractivity contribution in [1.82, 2.24) is 10.3 Å². The second-order valence-corrected chi connectivity index (χ2v) is 5.80. The van der Waals surface area contributed by atoms with Gasteiger partial charge in [-0.15, -0.1) is 0 Å². The summed E-state index contributed by atoms with van der Waals surface area (Å²) in [6, 6.07) is 14.9. The number of nitrogens with zero attached hydrogens (tertiary/aromatic N) is 1. The van der Waals surface area contributed by atoms with Crippen LogP contribution in [0.25, 0.3) is 11.3 Å². The highest BCUT2D eigenvalue weighted by Gasteiger charge is 2.10. The number of nitrogens with one attached hydrogen (secondary N) is 1. The fraction of sp³-hybridized carbons (Fsp3) is 0.143. The maximum atomic E-state index is 13.0. The van der Waals surface area contributed by atoms with Crippen molar-refractivity contribution in [3.8, 4) is 22.8 Å². The minimum absolute atomic E-state index is 0.252. The number of benzene rings is 2. The number of methoxy groups -OCH3 is 2. The Bertz CT molecular complexity index is 925. The van der Waals surface area contributed by atoms with Crippen molar-refractivity contribution in [3.05, 3.63) is 77.7 Å². The average molecular weight is 366 g/mol. The van der Waals surface area contributed by atoms with Gasteiger partial charge in [0, 0.05) is 23.9 Å². The van der Waals surface area contributed by atoms with Crippen LogP contribution in [0.5, 0.6) is 11.5 Å². The summed E-state index contributed by atoms with van der Waals surface area (Å²) in [6.45, 7) is 0.291. The maximum Gasteiger partial charge on any atom is 0.253 e. The lowest BCUT2D eigenvalue weighted by Crippen LogP contribution is -2.23. The zero-order chi connectivity index (χ0) is 19.2. The fourth-order valence-electron chi connectivity index (χ4n) is 2.62. The molecule has 0 radical (unpaired) electrons. The fourth-order valence-corrected chi connectivity index (χ4v) is 2.62. The zero-order valence-electron chi connectivity index (χ0n) is 15.0. The highest BCUT2D eigenvalue weighted by molar-refractivity contribution is 5.94. The molecule has 0 bridgehead atoms. The van der Waals surface area contributed by atoms with Gasteiger partial charge in [-0.25, -0.2) is 4.39 Å². The van der Waals surface area contributed by atoms with E-state index in [2.05, 4.69) is 10.3 Å². The second-order valence-electron chi connectivity index (χ2n) is 5.80. The molecule has 3 aromatic rings. The molecule has 3 rings (SSSR count). The van der Waals surface area contributed by atoms with Crippen LogP contribution in [0.4, 0.5) is 4.39 Å². The first-order valence-electron chi connectivity index (χ1n) is 8.32. The van der Waals surface area contributed by atoms with Crippen molar-refractivity contribution in [2.75, 3.05) is 14.2 Å². The quantitative estimate of drug-likeness (QED) is 0.720. The first kappa shape index (κ1) is 18.4. The van der Waals surface area contributed by atoms with Crippen LogP contribution >= 0.6 is 0 Å². The van der Waals surface area contributed by atoms with E-state index in [9.17, 15) is 9.18 Å². The van der Waals surface area contributed by atoms with Gasteiger partial charge >= 0.3 is 0 Å². The molecule has 0 fully saturated rings. The van der Waals surface area contributed by atoms with Crippen molar-refractivity contribution >= 4 is 5.91 Å². The Morgan fingerprint density at radius 1 is 1.04 bits per heavy atom. The molecular weight excluding hydrogens is 347 g/mol. The molecule has 1 N–H and O–H groups in total. The zero-order valence-corrected chi connectivity index (χ0v) is 15.0. The van der Waals surface area contributed by atoms with Gasteiger partial charge in [0.15, 0.2) is 0 Å². The predicted molar refractivity (Wildman–Crippen MR) is 100 cm³/mol. The summed E-state index contributed by atoms with van der Waals surface area (Å²) >= 11 is 0. The molecule has 1 aromatic heterocycles. The Morgan fingerprint density at radius 2 is 1.81 bits per heavy atom. The molecule has 0 aliphatic heterocycles. The molecule has 0 atom stereocenters. The molecule has 1 amide bonds. The van der Waals surface area contributed by atoms with Crippen molar-refractivity contribution in [3.63, 3.8) is 0 Å². The van der Waals surface area contributed by atoms with E-state index in [0.717, 1.165) is 11.1 Å². The van der Waals surface area contributed by atoms with Crippen LogP contribution in [0.2, 0.25) is 0 Å². The topological polar surface area (TPSA) is 60.5 Å². The monoisotopic (exact) mass is 366 g/mol. The molecule has 27 heavy (non-hydrogen) atoms. The van der Waals surface area contributed by atoms with Crippen LogP contribution in [0.15, 0.2) is 60.8 Å². The number of pyridine rings is 1. The van der Waals surface area contributed by atoms with Gasteiger partial charge in [0.2, 0.25) is 0 Å². The highest BCUT2D eigenvalue weighted by atomic mass is 19.1. The number of aromatic nitrogens is 1. The predicted octanol–water partition coefficient (Wildman–Crippen LogP) is 3.83. The summed E-state index contributed by atoms with van der Waals surface area (Å²) in [6.07, 6.45) is 1.50. The summed E-state index contributed by atoms with van der Waals surface area (Å²) in [5, 5.41) is 2.84. The normalized spacial score (nSPS) is 10.3. The lowest BCUT2D eigenvalue weighted by molar-refractivity contribution is 0.0950. The average Bonchev–Trinajstić information content (AvgIpc) is 2.72. The molecule has 0 aliphatic carbocycles. The van der Waals surface area contributed by atoms with Crippen molar-refractivity contribution in [1.29, 1.82) is 0 Å². The smallest absolute Gasteiger partial charge is 0.253 e. The molecule has 2 aromatic carbocycles. The SMILES string of the molecule is COc1ccc(OC)c(CNC(=O)c2ccc(-c3ccc(F)cc3)nc2)c1. The summed E-state index contributed by atoms with van der Waals surface area (Å²) in [4.78, 5) is 16.7. The second kappa shape index (κ2) is 8.31. The molecular formula is C21H19FN2O3. The molecule has 0 spiro atoms. The van der Waals surface area contributed by atoms with Gasteiger partial charge in [0.1, 0.15) is 17.3 Å². The molecule has 1 heterocycles. The van der Waals surface area contributed by atoms with Gasteiger partial charge in [-0.3, -0.25) is 9.78 Å². The number of hydrogen-bond acceptors (Lipinski definition) is 4. The third-order valence-corrected chi connectivity index (χ3v) is 4.09. The van der Waals surface area contributed by atoms with Crippen LogP contribution in [0.1, 0.15) is 15.9 Å². The van der Waals surface area contributed by atoms with Gasteiger partial charge in [0.25, 0.3) is 5.91 Å². The van der Waals surface area contributed by atoms with Crippen LogP contribution < -0.4 is 14.8 Å². The highest BCUT2D eigenvalue weighted by Crippen LogP contribution is 2.24. The van der Waals surface area contributed by atoms with Crippen molar-refractivity contribution in [2.24, 2.45) is 0 Å². The standard InChI is InChI=1S/C21H19FN2O3/c1-26-18-8-10-20(27-2)16(11-18)13-24-21(25)15-5-9-19(23-12-15)14-3-6-17(22)7-4-14/h3-12H,13H2,1-2H3,(H,24,25). The summed E-state index contributed by atoms with van der Waals surface area (Å²) in [5.74, 6) is 0.798. The third kappa shape index (κ3) is 4.41. The Hall–Kier alpha value is -3.41.